The van der Waals surface area contributed by atoms with Gasteiger partial charge in [0.2, 0.25) is 0 Å². The van der Waals surface area contributed by atoms with Crippen molar-refractivity contribution >= 4 is 12.1 Å². The molecule has 1 heterocycles. The quantitative estimate of drug-likeness (QED) is 0.791. The molecule has 1 aliphatic rings. The SMILES string of the molecule is CC(C)(C)OC(=O)N1[C@@H](C(=O)O)CO[C@H]1C(C)(C)C. The summed E-state index contributed by atoms with van der Waals surface area (Å²) in [5, 5.41) is 9.18. The molecule has 2 atom stereocenters. The molecule has 6 heteroatoms. The number of nitrogens with zero attached hydrogens (tertiary/aromatic N) is 1. The number of hydrogen-bond acceptors (Lipinski definition) is 4. The summed E-state index contributed by atoms with van der Waals surface area (Å²) in [5.74, 6) is -1.09. The Balaban J connectivity index is 2.99. The maximum atomic E-state index is 12.2. The first-order valence-electron chi connectivity index (χ1n) is 6.29. The fraction of sp³-hybridized carbons (Fsp3) is 0.846. The topological polar surface area (TPSA) is 76.1 Å². The van der Waals surface area contributed by atoms with Crippen LogP contribution in [0.5, 0.6) is 0 Å². The van der Waals surface area contributed by atoms with Gasteiger partial charge in [-0.25, -0.2) is 9.59 Å². The monoisotopic (exact) mass is 273 g/mol. The van der Waals surface area contributed by atoms with E-state index in [0.717, 1.165) is 0 Å². The summed E-state index contributed by atoms with van der Waals surface area (Å²) >= 11 is 0. The molecule has 0 radical (unpaired) electrons. The molecule has 0 bridgehead atoms. The molecule has 1 fully saturated rings. The Bertz CT molecular complexity index is 366. The smallest absolute Gasteiger partial charge is 0.413 e. The lowest BCUT2D eigenvalue weighted by Crippen LogP contribution is -2.51. The molecular weight excluding hydrogens is 250 g/mol. The van der Waals surface area contributed by atoms with Crippen LogP contribution in [0, 0.1) is 5.41 Å². The van der Waals surface area contributed by atoms with Crippen molar-refractivity contribution in [3.63, 3.8) is 0 Å². The summed E-state index contributed by atoms with van der Waals surface area (Å²) in [6.45, 7) is 10.9. The number of carbonyl (C=O) groups excluding carboxylic acids is 1. The second kappa shape index (κ2) is 5.00. The van der Waals surface area contributed by atoms with Gasteiger partial charge in [0, 0.05) is 5.41 Å². The van der Waals surface area contributed by atoms with Gasteiger partial charge in [0.15, 0.2) is 6.04 Å². The van der Waals surface area contributed by atoms with Gasteiger partial charge in [-0.05, 0) is 20.8 Å². The minimum absolute atomic E-state index is 0.0173. The Morgan fingerprint density at radius 1 is 1.21 bits per heavy atom. The highest BCUT2D eigenvalue weighted by Crippen LogP contribution is 2.33. The zero-order valence-corrected chi connectivity index (χ0v) is 12.4. The van der Waals surface area contributed by atoms with Crippen LogP contribution in [-0.4, -0.2) is 46.5 Å². The molecule has 1 rings (SSSR count). The van der Waals surface area contributed by atoms with E-state index in [1.807, 2.05) is 20.8 Å². The Morgan fingerprint density at radius 2 is 1.74 bits per heavy atom. The van der Waals surface area contributed by atoms with Crippen LogP contribution >= 0.6 is 0 Å². The average molecular weight is 273 g/mol. The lowest BCUT2D eigenvalue weighted by Gasteiger charge is -2.35. The van der Waals surface area contributed by atoms with Crippen LogP contribution in [0.4, 0.5) is 4.79 Å². The number of carboxylic acids is 1. The van der Waals surface area contributed by atoms with E-state index >= 15 is 0 Å². The van der Waals surface area contributed by atoms with Gasteiger partial charge in [0.05, 0.1) is 6.61 Å². The van der Waals surface area contributed by atoms with Crippen LogP contribution in [0.15, 0.2) is 0 Å². The zero-order valence-electron chi connectivity index (χ0n) is 12.4. The Kier molecular flexibility index (Phi) is 4.14. The van der Waals surface area contributed by atoms with Crippen molar-refractivity contribution in [1.29, 1.82) is 0 Å². The zero-order chi connectivity index (χ0) is 15.0. The lowest BCUT2D eigenvalue weighted by atomic mass is 9.93. The summed E-state index contributed by atoms with van der Waals surface area (Å²) in [4.78, 5) is 24.6. The van der Waals surface area contributed by atoms with E-state index < -0.39 is 29.9 Å². The van der Waals surface area contributed by atoms with Gasteiger partial charge < -0.3 is 14.6 Å². The van der Waals surface area contributed by atoms with Crippen molar-refractivity contribution < 1.29 is 24.2 Å². The summed E-state index contributed by atoms with van der Waals surface area (Å²) in [6.07, 6.45) is -1.26. The fourth-order valence-electron chi connectivity index (χ4n) is 1.90. The molecule has 110 valence electrons. The number of rotatable bonds is 1. The van der Waals surface area contributed by atoms with E-state index in [0.29, 0.717) is 0 Å². The molecule has 0 saturated carbocycles. The number of carboxylic acid groups (broad SMARTS) is 1. The Hall–Kier alpha value is -1.30. The summed E-state index contributed by atoms with van der Waals surface area (Å²) in [6, 6.07) is -1.00. The van der Waals surface area contributed by atoms with E-state index in [-0.39, 0.29) is 12.0 Å². The standard InChI is InChI=1S/C13H23NO5/c1-12(2,3)10-14(8(7-18-10)9(15)16)11(17)19-13(4,5)6/h8,10H,7H2,1-6H3,(H,15,16)/t8-,10+/m1/s1. The highest BCUT2D eigenvalue weighted by molar-refractivity contribution is 5.81. The minimum Gasteiger partial charge on any atom is -0.480 e. The van der Waals surface area contributed by atoms with Crippen LogP contribution in [0.25, 0.3) is 0 Å². The molecular formula is C13H23NO5. The summed E-state index contributed by atoms with van der Waals surface area (Å²) in [5.41, 5.74) is -1.06. The first-order chi connectivity index (χ1) is 8.43. The van der Waals surface area contributed by atoms with Crippen LogP contribution in [0.3, 0.4) is 0 Å². The number of hydrogen-bond donors (Lipinski definition) is 1. The molecule has 0 aliphatic carbocycles. The normalized spacial score (nSPS) is 24.4. The van der Waals surface area contributed by atoms with Crippen LogP contribution in [0.2, 0.25) is 0 Å². The van der Waals surface area contributed by atoms with Crippen molar-refractivity contribution in [2.45, 2.75) is 59.4 Å². The van der Waals surface area contributed by atoms with Gasteiger partial charge in [-0.3, -0.25) is 4.90 Å². The first-order valence-corrected chi connectivity index (χ1v) is 6.29. The number of aliphatic carboxylic acids is 1. The second-order valence-electron chi connectivity index (χ2n) is 6.79. The van der Waals surface area contributed by atoms with Crippen LogP contribution < -0.4 is 0 Å². The Morgan fingerprint density at radius 3 is 2.11 bits per heavy atom. The van der Waals surface area contributed by atoms with E-state index in [9.17, 15) is 14.7 Å². The molecule has 0 unspecified atom stereocenters. The van der Waals surface area contributed by atoms with Gasteiger partial charge >= 0.3 is 12.1 Å². The first kappa shape index (κ1) is 15.8. The maximum absolute atomic E-state index is 12.2. The van der Waals surface area contributed by atoms with Gasteiger partial charge in [-0.1, -0.05) is 20.8 Å². The fourth-order valence-corrected chi connectivity index (χ4v) is 1.90. The van der Waals surface area contributed by atoms with Crippen molar-refractivity contribution in [1.82, 2.24) is 4.90 Å². The van der Waals surface area contributed by atoms with Crippen molar-refractivity contribution in [3.8, 4) is 0 Å². The molecule has 0 spiro atoms. The highest BCUT2D eigenvalue weighted by Gasteiger charge is 2.48. The number of carbonyl (C=O) groups is 2. The molecule has 1 saturated heterocycles. The third kappa shape index (κ3) is 3.83. The van der Waals surface area contributed by atoms with Crippen molar-refractivity contribution in [2.75, 3.05) is 6.61 Å². The molecule has 19 heavy (non-hydrogen) atoms. The second-order valence-corrected chi connectivity index (χ2v) is 6.79. The van der Waals surface area contributed by atoms with E-state index in [2.05, 4.69) is 0 Å². The van der Waals surface area contributed by atoms with Crippen molar-refractivity contribution in [2.24, 2.45) is 5.41 Å². The summed E-state index contributed by atoms with van der Waals surface area (Å²) in [7, 11) is 0. The minimum atomic E-state index is -1.09. The number of ether oxygens (including phenoxy) is 2. The molecule has 0 aromatic carbocycles. The lowest BCUT2D eigenvalue weighted by molar-refractivity contribution is -0.142. The highest BCUT2D eigenvalue weighted by atomic mass is 16.6. The van der Waals surface area contributed by atoms with Gasteiger partial charge in [0.1, 0.15) is 11.8 Å². The third-order valence-corrected chi connectivity index (χ3v) is 2.63. The molecule has 1 N–H and O–H groups in total. The van der Waals surface area contributed by atoms with Gasteiger partial charge in [-0.15, -0.1) is 0 Å². The van der Waals surface area contributed by atoms with E-state index in [1.165, 1.54) is 4.90 Å². The van der Waals surface area contributed by atoms with Gasteiger partial charge in [-0.2, -0.15) is 0 Å². The van der Waals surface area contributed by atoms with Crippen LogP contribution in [0.1, 0.15) is 41.5 Å². The van der Waals surface area contributed by atoms with Gasteiger partial charge in [0.25, 0.3) is 0 Å². The largest absolute Gasteiger partial charge is 0.480 e. The number of amides is 1. The molecule has 0 aromatic heterocycles. The van der Waals surface area contributed by atoms with E-state index in [1.54, 1.807) is 20.8 Å². The van der Waals surface area contributed by atoms with E-state index in [4.69, 9.17) is 9.47 Å². The predicted octanol–water partition coefficient (Wildman–Crippen LogP) is 2.08. The molecule has 1 amide bonds. The third-order valence-electron chi connectivity index (χ3n) is 2.63. The molecule has 0 aromatic rings. The maximum Gasteiger partial charge on any atom is 0.413 e. The Labute approximate surface area is 113 Å². The average Bonchev–Trinajstić information content (AvgIpc) is 2.57. The van der Waals surface area contributed by atoms with Crippen molar-refractivity contribution in [3.05, 3.63) is 0 Å². The molecule has 1 aliphatic heterocycles. The summed E-state index contributed by atoms with van der Waals surface area (Å²) < 4.78 is 10.8. The van der Waals surface area contributed by atoms with Crippen LogP contribution in [-0.2, 0) is 14.3 Å². The predicted molar refractivity (Wildman–Crippen MR) is 68.7 cm³/mol. The molecule has 6 nitrogen and oxygen atoms in total.